The van der Waals surface area contributed by atoms with Gasteiger partial charge >= 0.3 is 5.97 Å². The topological polar surface area (TPSA) is 43.4 Å². The molecule has 0 bridgehead atoms. The molecule has 6 atom stereocenters. The summed E-state index contributed by atoms with van der Waals surface area (Å²) in [6.07, 6.45) is 15.7. The average molecular weight is 481 g/mol. The average Bonchev–Trinajstić information content (AvgIpc) is 3.08. The first-order valence-electron chi connectivity index (χ1n) is 14.1. The van der Waals surface area contributed by atoms with Crippen LogP contribution in [0.15, 0.2) is 34.9 Å². The van der Waals surface area contributed by atoms with Crippen molar-refractivity contribution in [1.82, 2.24) is 0 Å². The lowest BCUT2D eigenvalue weighted by Crippen LogP contribution is -2.53. The van der Waals surface area contributed by atoms with Gasteiger partial charge in [-0.2, -0.15) is 0 Å². The molecule has 0 aromatic heterocycles. The highest BCUT2D eigenvalue weighted by atomic mass is 16.5. The van der Waals surface area contributed by atoms with Crippen LogP contribution in [0.2, 0.25) is 0 Å². The van der Waals surface area contributed by atoms with Gasteiger partial charge in [-0.3, -0.25) is 4.79 Å². The maximum atomic E-state index is 12.8. The molecule has 35 heavy (non-hydrogen) atoms. The van der Waals surface area contributed by atoms with Crippen LogP contribution in [-0.2, 0) is 14.3 Å². The number of carbonyl (C=O) groups is 2. The van der Waals surface area contributed by atoms with Gasteiger partial charge in [0.05, 0.1) is 6.61 Å². The molecular weight excluding hydrogens is 432 g/mol. The molecule has 0 amide bonds. The number of allylic oxidation sites excluding steroid dienone is 5. The molecule has 0 spiro atoms. The second-order valence-electron chi connectivity index (χ2n) is 13.3. The van der Waals surface area contributed by atoms with E-state index in [4.69, 9.17) is 4.74 Å². The first kappa shape index (κ1) is 26.4. The number of fused-ring (bicyclic) bond motifs is 5. The van der Waals surface area contributed by atoms with Gasteiger partial charge in [0.25, 0.3) is 0 Å². The van der Waals surface area contributed by atoms with Crippen molar-refractivity contribution in [2.45, 2.75) is 107 Å². The zero-order valence-corrected chi connectivity index (χ0v) is 23.6. The van der Waals surface area contributed by atoms with Gasteiger partial charge < -0.3 is 4.74 Å². The Bertz CT molecular complexity index is 981. The van der Waals surface area contributed by atoms with E-state index in [1.165, 1.54) is 12.8 Å². The molecule has 3 nitrogen and oxygen atoms in total. The lowest BCUT2D eigenvalue weighted by atomic mass is 9.44. The van der Waals surface area contributed by atoms with E-state index >= 15 is 0 Å². The van der Waals surface area contributed by atoms with Crippen LogP contribution < -0.4 is 0 Å². The molecular formula is C32H48O3. The van der Waals surface area contributed by atoms with Crippen molar-refractivity contribution < 1.29 is 14.3 Å². The van der Waals surface area contributed by atoms with Crippen molar-refractivity contribution in [3.63, 3.8) is 0 Å². The molecule has 4 rings (SSSR count). The van der Waals surface area contributed by atoms with Crippen LogP contribution in [-0.4, -0.2) is 18.4 Å². The molecule has 0 saturated heterocycles. The van der Waals surface area contributed by atoms with E-state index in [9.17, 15) is 9.59 Å². The molecule has 4 aliphatic carbocycles. The maximum absolute atomic E-state index is 12.8. The Morgan fingerprint density at radius 2 is 1.86 bits per heavy atom. The summed E-state index contributed by atoms with van der Waals surface area (Å²) in [6.45, 7) is 18.5. The van der Waals surface area contributed by atoms with Crippen LogP contribution in [0, 0.1) is 39.4 Å². The van der Waals surface area contributed by atoms with Crippen molar-refractivity contribution >= 4 is 11.8 Å². The third-order valence-electron chi connectivity index (χ3n) is 11.4. The summed E-state index contributed by atoms with van der Waals surface area (Å²) in [4.78, 5) is 24.8. The van der Waals surface area contributed by atoms with Crippen LogP contribution in [0.4, 0.5) is 0 Å². The molecule has 3 heteroatoms. The van der Waals surface area contributed by atoms with Crippen molar-refractivity contribution in [3.8, 4) is 0 Å². The summed E-state index contributed by atoms with van der Waals surface area (Å²) in [5, 5.41) is 0. The Morgan fingerprint density at radius 3 is 2.54 bits per heavy atom. The fraction of sp³-hybridized carbons (Fsp3) is 0.750. The summed E-state index contributed by atoms with van der Waals surface area (Å²) >= 11 is 0. The Kier molecular flexibility index (Phi) is 6.82. The lowest BCUT2D eigenvalue weighted by Gasteiger charge is -2.59. The van der Waals surface area contributed by atoms with Gasteiger partial charge in [-0.25, -0.2) is 4.79 Å². The number of hydrogen-bond donors (Lipinski definition) is 0. The van der Waals surface area contributed by atoms with E-state index in [0.29, 0.717) is 30.1 Å². The number of hydrogen-bond acceptors (Lipinski definition) is 3. The predicted molar refractivity (Wildman–Crippen MR) is 143 cm³/mol. The summed E-state index contributed by atoms with van der Waals surface area (Å²) in [6, 6.07) is 0. The quantitative estimate of drug-likeness (QED) is 0.286. The van der Waals surface area contributed by atoms with E-state index in [1.54, 1.807) is 11.1 Å². The molecule has 0 N–H and O–H groups in total. The minimum absolute atomic E-state index is 0.116. The molecule has 0 heterocycles. The summed E-state index contributed by atoms with van der Waals surface area (Å²) in [5.74, 6) is 1.96. The van der Waals surface area contributed by atoms with Crippen molar-refractivity contribution in [2.75, 3.05) is 6.61 Å². The van der Waals surface area contributed by atoms with E-state index in [2.05, 4.69) is 59.8 Å². The number of rotatable bonds is 6. The fourth-order valence-electron chi connectivity index (χ4n) is 8.85. The van der Waals surface area contributed by atoms with Gasteiger partial charge in [0, 0.05) is 17.4 Å². The van der Waals surface area contributed by atoms with Crippen LogP contribution in [0.5, 0.6) is 0 Å². The Balaban J connectivity index is 1.56. The molecule has 1 unspecified atom stereocenters. The van der Waals surface area contributed by atoms with Crippen LogP contribution in [0.25, 0.3) is 0 Å². The fourth-order valence-corrected chi connectivity index (χ4v) is 8.85. The molecule has 194 valence electrons. The Morgan fingerprint density at radius 1 is 1.14 bits per heavy atom. The first-order valence-corrected chi connectivity index (χ1v) is 14.1. The Labute approximate surface area is 213 Å². The van der Waals surface area contributed by atoms with E-state index in [1.807, 2.05) is 13.8 Å². The van der Waals surface area contributed by atoms with Crippen LogP contribution in [0.3, 0.4) is 0 Å². The third-order valence-corrected chi connectivity index (χ3v) is 11.4. The number of ether oxygens (including phenoxy) is 1. The molecule has 4 aliphatic rings. The molecule has 0 aromatic rings. The highest BCUT2D eigenvalue weighted by Crippen LogP contribution is 2.71. The largest absolute Gasteiger partial charge is 0.463 e. The monoisotopic (exact) mass is 480 g/mol. The summed E-state index contributed by atoms with van der Waals surface area (Å²) in [7, 11) is 0. The van der Waals surface area contributed by atoms with Crippen molar-refractivity contribution in [3.05, 3.63) is 34.9 Å². The maximum Gasteiger partial charge on any atom is 0.333 e. The highest BCUT2D eigenvalue weighted by molar-refractivity contribution is 5.87. The van der Waals surface area contributed by atoms with Gasteiger partial charge in [0.15, 0.2) is 0 Å². The van der Waals surface area contributed by atoms with E-state index < -0.39 is 0 Å². The van der Waals surface area contributed by atoms with E-state index in [-0.39, 0.29) is 27.6 Å². The van der Waals surface area contributed by atoms with Gasteiger partial charge in [0.1, 0.15) is 5.78 Å². The van der Waals surface area contributed by atoms with Gasteiger partial charge in [-0.1, -0.05) is 59.8 Å². The minimum Gasteiger partial charge on any atom is -0.463 e. The normalized spacial score (nSPS) is 39.1. The number of carbonyl (C=O) groups excluding carboxylic acids is 2. The summed E-state index contributed by atoms with van der Waals surface area (Å²) < 4.78 is 5.14. The van der Waals surface area contributed by atoms with Crippen molar-refractivity contribution in [2.24, 2.45) is 39.4 Å². The van der Waals surface area contributed by atoms with Crippen molar-refractivity contribution in [1.29, 1.82) is 0 Å². The van der Waals surface area contributed by atoms with Gasteiger partial charge in [-0.15, -0.1) is 0 Å². The molecule has 2 fully saturated rings. The number of ketones is 1. The number of esters is 1. The molecule has 0 aromatic carbocycles. The third kappa shape index (κ3) is 3.91. The van der Waals surface area contributed by atoms with Gasteiger partial charge in [0.2, 0.25) is 0 Å². The smallest absolute Gasteiger partial charge is 0.333 e. The molecule has 0 radical (unpaired) electrons. The Hall–Kier alpha value is -1.64. The molecule has 2 saturated carbocycles. The second kappa shape index (κ2) is 9.03. The first-order chi connectivity index (χ1) is 16.3. The zero-order valence-electron chi connectivity index (χ0n) is 23.6. The standard InChI is InChI=1S/C32H48O3/c1-9-35-28(34)22(3)12-10-11-21(2)23-15-19-32(8)25-13-14-26-29(4,5)27(33)17-18-30(26,6)24(25)16-20-31(23,32)7/h12-13,16,21,23,26H,9-11,14-15,17-20H2,1-8H3/b22-12-/t21-,23-,26?,30-,31-,32+/m1/s1. The van der Waals surface area contributed by atoms with Crippen LogP contribution >= 0.6 is 0 Å². The van der Waals surface area contributed by atoms with Crippen LogP contribution in [0.1, 0.15) is 107 Å². The molecule has 0 aliphatic heterocycles. The van der Waals surface area contributed by atoms with E-state index in [0.717, 1.165) is 44.1 Å². The zero-order chi connectivity index (χ0) is 25.8. The van der Waals surface area contributed by atoms with Gasteiger partial charge in [-0.05, 0) is 104 Å². The SMILES string of the molecule is CCOC(=O)/C(C)=C\CC[C@@H](C)[C@H]1CC[C@@]2(C)C3=CCC4C(C)(C)C(=O)CC[C@]4(C)C3=CC[C@]12C. The summed E-state index contributed by atoms with van der Waals surface area (Å²) in [5.41, 5.74) is 4.26. The minimum atomic E-state index is -0.237. The number of Topliss-reactive ketones (excluding diaryl/α,β-unsaturated/α-hetero) is 1. The predicted octanol–water partition coefficient (Wildman–Crippen LogP) is 8.01. The second-order valence-corrected chi connectivity index (χ2v) is 13.3. The highest BCUT2D eigenvalue weighted by Gasteiger charge is 2.63. The lowest BCUT2D eigenvalue weighted by molar-refractivity contribution is -0.139.